The maximum absolute atomic E-state index is 11.5. The van der Waals surface area contributed by atoms with Gasteiger partial charge < -0.3 is 4.74 Å². The van der Waals surface area contributed by atoms with Crippen LogP contribution < -0.4 is 0 Å². The monoisotopic (exact) mass is 245 g/mol. The SMILES string of the molecule is O=C(OCC1CC1)c1cnc(Cl)c(Cl)c1. The van der Waals surface area contributed by atoms with Crippen molar-refractivity contribution in [2.45, 2.75) is 12.8 Å². The molecule has 1 heterocycles. The average molecular weight is 246 g/mol. The summed E-state index contributed by atoms with van der Waals surface area (Å²) < 4.78 is 5.07. The number of rotatable bonds is 3. The Morgan fingerprint density at radius 1 is 1.53 bits per heavy atom. The summed E-state index contributed by atoms with van der Waals surface area (Å²) in [7, 11) is 0. The van der Waals surface area contributed by atoms with Gasteiger partial charge in [-0.3, -0.25) is 0 Å². The van der Waals surface area contributed by atoms with Crippen LogP contribution in [0.3, 0.4) is 0 Å². The Balaban J connectivity index is 2.00. The molecule has 15 heavy (non-hydrogen) atoms. The van der Waals surface area contributed by atoms with Gasteiger partial charge in [0.1, 0.15) is 5.15 Å². The van der Waals surface area contributed by atoms with Gasteiger partial charge in [-0.2, -0.15) is 0 Å². The van der Waals surface area contributed by atoms with Crippen LogP contribution in [0.1, 0.15) is 23.2 Å². The fraction of sp³-hybridized carbons (Fsp3) is 0.400. The van der Waals surface area contributed by atoms with E-state index in [1.165, 1.54) is 12.3 Å². The lowest BCUT2D eigenvalue weighted by Crippen LogP contribution is -2.07. The fourth-order valence-electron chi connectivity index (χ4n) is 1.09. The molecule has 0 aliphatic heterocycles. The minimum atomic E-state index is -0.395. The van der Waals surface area contributed by atoms with E-state index in [9.17, 15) is 4.79 Å². The number of carbonyl (C=O) groups excluding carboxylic acids is 1. The molecule has 0 amide bonds. The van der Waals surface area contributed by atoms with Crippen molar-refractivity contribution in [1.29, 1.82) is 0 Å². The molecule has 0 aromatic carbocycles. The summed E-state index contributed by atoms with van der Waals surface area (Å²) in [5.74, 6) is 0.151. The quantitative estimate of drug-likeness (QED) is 0.608. The van der Waals surface area contributed by atoms with Gasteiger partial charge in [-0.1, -0.05) is 23.2 Å². The molecule has 0 spiro atoms. The summed E-state index contributed by atoms with van der Waals surface area (Å²) in [6, 6.07) is 1.46. The number of aromatic nitrogens is 1. The maximum Gasteiger partial charge on any atom is 0.339 e. The number of hydrogen-bond acceptors (Lipinski definition) is 3. The number of pyridine rings is 1. The van der Waals surface area contributed by atoms with Crippen LogP contribution in [0.4, 0.5) is 0 Å². The van der Waals surface area contributed by atoms with Crippen LogP contribution in [0, 0.1) is 5.92 Å². The molecule has 0 atom stereocenters. The van der Waals surface area contributed by atoms with Crippen molar-refractivity contribution in [1.82, 2.24) is 4.98 Å². The van der Waals surface area contributed by atoms with Gasteiger partial charge in [-0.05, 0) is 24.8 Å². The first-order chi connectivity index (χ1) is 7.16. The van der Waals surface area contributed by atoms with E-state index in [4.69, 9.17) is 27.9 Å². The second-order valence-electron chi connectivity index (χ2n) is 3.54. The van der Waals surface area contributed by atoms with E-state index in [2.05, 4.69) is 4.98 Å². The molecule has 0 N–H and O–H groups in total. The third-order valence-corrected chi connectivity index (χ3v) is 2.87. The van der Waals surface area contributed by atoms with Crippen LogP contribution >= 0.6 is 23.2 Å². The molecular weight excluding hydrogens is 237 g/mol. The van der Waals surface area contributed by atoms with Crippen LogP contribution in [0.2, 0.25) is 10.2 Å². The highest BCUT2D eigenvalue weighted by Gasteiger charge is 2.23. The predicted molar refractivity (Wildman–Crippen MR) is 57.3 cm³/mol. The molecular formula is C10H9Cl2NO2. The zero-order valence-electron chi connectivity index (χ0n) is 7.87. The predicted octanol–water partition coefficient (Wildman–Crippen LogP) is 2.96. The van der Waals surface area contributed by atoms with Crippen molar-refractivity contribution in [3.8, 4) is 0 Å². The molecule has 2 rings (SSSR count). The van der Waals surface area contributed by atoms with Gasteiger partial charge in [0.2, 0.25) is 0 Å². The molecule has 1 aliphatic rings. The van der Waals surface area contributed by atoms with Crippen LogP contribution in [-0.4, -0.2) is 17.6 Å². The highest BCUT2D eigenvalue weighted by atomic mass is 35.5. The van der Waals surface area contributed by atoms with E-state index in [1.807, 2.05) is 0 Å². The molecule has 0 saturated heterocycles. The third-order valence-electron chi connectivity index (χ3n) is 2.18. The molecule has 1 aromatic rings. The maximum atomic E-state index is 11.5. The second-order valence-corrected chi connectivity index (χ2v) is 4.30. The number of nitrogens with zero attached hydrogens (tertiary/aromatic N) is 1. The number of halogens is 2. The number of ether oxygens (including phenoxy) is 1. The summed E-state index contributed by atoms with van der Waals surface area (Å²) in [5.41, 5.74) is 0.338. The molecule has 80 valence electrons. The van der Waals surface area contributed by atoms with Gasteiger partial charge in [-0.25, -0.2) is 9.78 Å². The van der Waals surface area contributed by atoms with Crippen molar-refractivity contribution in [2.24, 2.45) is 5.92 Å². The highest BCUT2D eigenvalue weighted by molar-refractivity contribution is 6.41. The van der Waals surface area contributed by atoms with Gasteiger partial charge >= 0.3 is 5.97 Å². The molecule has 0 unspecified atom stereocenters. The number of carbonyl (C=O) groups is 1. The van der Waals surface area contributed by atoms with Crippen molar-refractivity contribution >= 4 is 29.2 Å². The van der Waals surface area contributed by atoms with Gasteiger partial charge in [0.15, 0.2) is 0 Å². The lowest BCUT2D eigenvalue weighted by Gasteiger charge is -2.03. The van der Waals surface area contributed by atoms with E-state index in [1.54, 1.807) is 0 Å². The summed E-state index contributed by atoms with van der Waals surface area (Å²) in [4.78, 5) is 15.3. The Morgan fingerprint density at radius 2 is 2.27 bits per heavy atom. The highest BCUT2D eigenvalue weighted by Crippen LogP contribution is 2.29. The summed E-state index contributed by atoms with van der Waals surface area (Å²) in [6.07, 6.45) is 3.66. The Bertz CT molecular complexity index is 391. The fourth-order valence-corrected chi connectivity index (χ4v) is 1.36. The van der Waals surface area contributed by atoms with Crippen molar-refractivity contribution in [3.05, 3.63) is 28.0 Å². The number of hydrogen-bond donors (Lipinski definition) is 0. The molecule has 5 heteroatoms. The van der Waals surface area contributed by atoms with Crippen molar-refractivity contribution < 1.29 is 9.53 Å². The van der Waals surface area contributed by atoms with E-state index >= 15 is 0 Å². The summed E-state index contributed by atoms with van der Waals surface area (Å²) in [6.45, 7) is 0.485. The average Bonchev–Trinajstić information content (AvgIpc) is 3.02. The Morgan fingerprint density at radius 3 is 2.87 bits per heavy atom. The van der Waals surface area contributed by atoms with Crippen LogP contribution in [0.5, 0.6) is 0 Å². The minimum Gasteiger partial charge on any atom is -0.462 e. The van der Waals surface area contributed by atoms with Gasteiger partial charge in [0, 0.05) is 6.20 Å². The van der Waals surface area contributed by atoms with Crippen molar-refractivity contribution in [3.63, 3.8) is 0 Å². The number of esters is 1. The van der Waals surface area contributed by atoms with Crippen LogP contribution in [0.15, 0.2) is 12.3 Å². The van der Waals surface area contributed by atoms with E-state index < -0.39 is 5.97 Å². The van der Waals surface area contributed by atoms with Gasteiger partial charge in [0.05, 0.1) is 17.2 Å². The first-order valence-corrected chi connectivity index (χ1v) is 5.40. The smallest absolute Gasteiger partial charge is 0.339 e. The normalized spacial score (nSPS) is 15.1. The third kappa shape index (κ3) is 2.83. The van der Waals surface area contributed by atoms with Crippen LogP contribution in [0.25, 0.3) is 0 Å². The van der Waals surface area contributed by atoms with Gasteiger partial charge in [-0.15, -0.1) is 0 Å². The molecule has 0 bridgehead atoms. The lowest BCUT2D eigenvalue weighted by molar-refractivity contribution is 0.0485. The Labute approximate surface area is 97.4 Å². The molecule has 1 aromatic heterocycles. The summed E-state index contributed by atoms with van der Waals surface area (Å²) >= 11 is 11.4. The summed E-state index contributed by atoms with van der Waals surface area (Å²) in [5, 5.41) is 0.452. The standard InChI is InChI=1S/C10H9Cl2NO2/c11-8-3-7(4-13-9(8)12)10(14)15-5-6-1-2-6/h3-4,6H,1-2,5H2. The zero-order chi connectivity index (χ0) is 10.8. The van der Waals surface area contributed by atoms with Gasteiger partial charge in [0.25, 0.3) is 0 Å². The first-order valence-electron chi connectivity index (χ1n) is 4.65. The molecule has 3 nitrogen and oxygen atoms in total. The zero-order valence-corrected chi connectivity index (χ0v) is 9.38. The topological polar surface area (TPSA) is 39.2 Å². The van der Waals surface area contributed by atoms with E-state index in [0.29, 0.717) is 18.1 Å². The van der Waals surface area contributed by atoms with E-state index in [0.717, 1.165) is 12.8 Å². The Hall–Kier alpha value is -0.800. The van der Waals surface area contributed by atoms with E-state index in [-0.39, 0.29) is 10.2 Å². The molecule has 0 radical (unpaired) electrons. The first kappa shape index (κ1) is 10.7. The second kappa shape index (κ2) is 4.37. The Kier molecular flexibility index (Phi) is 3.12. The lowest BCUT2D eigenvalue weighted by atomic mass is 10.3. The molecule has 1 fully saturated rings. The van der Waals surface area contributed by atoms with Crippen molar-refractivity contribution in [2.75, 3.05) is 6.61 Å². The molecule has 1 saturated carbocycles. The minimum absolute atomic E-state index is 0.190. The molecule has 1 aliphatic carbocycles. The van der Waals surface area contributed by atoms with Crippen LogP contribution in [-0.2, 0) is 4.74 Å². The largest absolute Gasteiger partial charge is 0.462 e.